The molecule has 5 nitrogen and oxygen atoms in total. The Hall–Kier alpha value is -1.30. The van der Waals surface area contributed by atoms with Crippen LogP contribution < -0.4 is 9.47 Å². The quantitative estimate of drug-likeness (QED) is 0.684. The number of methoxy groups -OCH3 is 2. The minimum atomic E-state index is -1.20. The van der Waals surface area contributed by atoms with Gasteiger partial charge in [-0.05, 0) is 57.2 Å². The van der Waals surface area contributed by atoms with Gasteiger partial charge in [-0.2, -0.15) is 0 Å². The Bertz CT molecular complexity index is 479. The number of hydrogen-bond donors (Lipinski definition) is 3. The summed E-state index contributed by atoms with van der Waals surface area (Å²) in [6.07, 6.45) is -0.108. The molecule has 1 aromatic rings. The fraction of sp³-hybridized carbons (Fsp3) is 0.647. The number of ether oxygens (including phenoxy) is 2. The topological polar surface area (TPSA) is 79.2 Å². The number of hydrogen-bond acceptors (Lipinski definition) is 5. The van der Waals surface area contributed by atoms with Gasteiger partial charge in [-0.1, -0.05) is 0 Å². The average molecular weight is 312 g/mol. The van der Waals surface area contributed by atoms with Gasteiger partial charge in [0.2, 0.25) is 0 Å². The van der Waals surface area contributed by atoms with Crippen LogP contribution >= 0.6 is 0 Å². The summed E-state index contributed by atoms with van der Waals surface area (Å²) in [6, 6.07) is 3.76. The summed E-state index contributed by atoms with van der Waals surface area (Å²) in [6.45, 7) is 5.06. The van der Waals surface area contributed by atoms with E-state index >= 15 is 0 Å². The van der Waals surface area contributed by atoms with Gasteiger partial charge in [-0.25, -0.2) is 0 Å². The van der Waals surface area contributed by atoms with E-state index in [1.165, 1.54) is 0 Å². The smallest absolute Gasteiger partial charge is 0.122 e. The molecule has 3 N–H and O–H groups in total. The Morgan fingerprint density at radius 1 is 1.14 bits per heavy atom. The molecule has 0 saturated heterocycles. The highest BCUT2D eigenvalue weighted by Gasteiger charge is 2.29. The number of aliphatic hydroxyl groups is 3. The van der Waals surface area contributed by atoms with Gasteiger partial charge >= 0.3 is 0 Å². The lowest BCUT2D eigenvalue weighted by Gasteiger charge is -2.29. The lowest BCUT2D eigenvalue weighted by molar-refractivity contribution is -0.0550. The molecular weight excluding hydrogens is 284 g/mol. The van der Waals surface area contributed by atoms with Crippen molar-refractivity contribution in [2.24, 2.45) is 0 Å². The molecule has 0 amide bonds. The predicted molar refractivity (Wildman–Crippen MR) is 85.6 cm³/mol. The maximum Gasteiger partial charge on any atom is 0.122 e. The van der Waals surface area contributed by atoms with Crippen LogP contribution in [0.4, 0.5) is 0 Å². The van der Waals surface area contributed by atoms with Crippen LogP contribution in [0, 0.1) is 6.92 Å². The van der Waals surface area contributed by atoms with Crippen LogP contribution in [0.1, 0.15) is 43.7 Å². The average Bonchev–Trinajstić information content (AvgIpc) is 2.45. The normalized spacial score (nSPS) is 14.5. The van der Waals surface area contributed by atoms with Gasteiger partial charge in [0, 0.05) is 12.2 Å². The Labute approximate surface area is 132 Å². The zero-order chi connectivity index (χ0) is 16.9. The van der Waals surface area contributed by atoms with E-state index in [9.17, 15) is 15.3 Å². The molecular formula is C17H28O5. The molecule has 1 rings (SSSR count). The molecule has 2 atom stereocenters. The third-order valence-corrected chi connectivity index (χ3v) is 3.99. The zero-order valence-electron chi connectivity index (χ0n) is 14.1. The van der Waals surface area contributed by atoms with Crippen molar-refractivity contribution in [2.45, 2.75) is 51.2 Å². The van der Waals surface area contributed by atoms with Gasteiger partial charge in [0.05, 0.1) is 25.9 Å². The number of aryl methyl sites for hydroxylation is 1. The first-order chi connectivity index (χ1) is 10.2. The van der Waals surface area contributed by atoms with Crippen molar-refractivity contribution in [1.82, 2.24) is 0 Å². The third-order valence-electron chi connectivity index (χ3n) is 3.99. The fourth-order valence-corrected chi connectivity index (χ4v) is 2.51. The standard InChI is InChI=1S/C17H28O5/c1-11-8-15(22-5)13(10-14(11)21-4)12(6-7-18)9-16(19)17(2,3)20/h8,10,12,16,18-20H,6-7,9H2,1-5H3/t12-,16-/m1/s1. The summed E-state index contributed by atoms with van der Waals surface area (Å²) in [5.41, 5.74) is 0.617. The number of benzene rings is 1. The van der Waals surface area contributed by atoms with E-state index < -0.39 is 11.7 Å². The van der Waals surface area contributed by atoms with E-state index in [0.29, 0.717) is 18.6 Å². The molecule has 1 aromatic carbocycles. The maximum atomic E-state index is 10.2. The summed E-state index contributed by atoms with van der Waals surface area (Å²) in [5, 5.41) is 29.5. The Morgan fingerprint density at radius 3 is 2.18 bits per heavy atom. The largest absolute Gasteiger partial charge is 0.496 e. The molecule has 0 unspecified atom stereocenters. The van der Waals surface area contributed by atoms with Crippen LogP contribution in [0.5, 0.6) is 11.5 Å². The van der Waals surface area contributed by atoms with E-state index in [0.717, 1.165) is 16.9 Å². The third kappa shape index (κ3) is 4.60. The minimum absolute atomic E-state index is 0.0113. The Morgan fingerprint density at radius 2 is 1.73 bits per heavy atom. The first-order valence-corrected chi connectivity index (χ1v) is 7.48. The van der Waals surface area contributed by atoms with Crippen LogP contribution in [-0.2, 0) is 0 Å². The van der Waals surface area contributed by atoms with Gasteiger partial charge in [-0.15, -0.1) is 0 Å². The van der Waals surface area contributed by atoms with E-state index in [4.69, 9.17) is 9.47 Å². The van der Waals surface area contributed by atoms with E-state index in [2.05, 4.69) is 0 Å². The van der Waals surface area contributed by atoms with Gasteiger partial charge < -0.3 is 24.8 Å². The molecule has 0 radical (unpaired) electrons. The van der Waals surface area contributed by atoms with E-state index in [1.54, 1.807) is 28.1 Å². The van der Waals surface area contributed by atoms with Crippen molar-refractivity contribution in [3.63, 3.8) is 0 Å². The SMILES string of the molecule is COc1cc([C@H](CCO)C[C@@H](O)C(C)(C)O)c(OC)cc1C. The van der Waals surface area contributed by atoms with Gasteiger partial charge in [0.1, 0.15) is 11.5 Å². The first kappa shape index (κ1) is 18.7. The molecule has 0 fully saturated rings. The molecule has 126 valence electrons. The highest BCUT2D eigenvalue weighted by molar-refractivity contribution is 5.47. The van der Waals surface area contributed by atoms with Crippen LogP contribution in [-0.4, -0.2) is 47.9 Å². The maximum absolute atomic E-state index is 10.2. The second-order valence-corrected chi connectivity index (χ2v) is 6.18. The van der Waals surface area contributed by atoms with Crippen molar-refractivity contribution < 1.29 is 24.8 Å². The summed E-state index contributed by atoms with van der Waals surface area (Å²) < 4.78 is 10.8. The van der Waals surface area contributed by atoms with Crippen molar-refractivity contribution in [1.29, 1.82) is 0 Å². The summed E-state index contributed by atoms with van der Waals surface area (Å²) >= 11 is 0. The number of aliphatic hydroxyl groups excluding tert-OH is 2. The van der Waals surface area contributed by atoms with Gasteiger partial charge in [0.15, 0.2) is 0 Å². The number of rotatable bonds is 8. The van der Waals surface area contributed by atoms with Crippen LogP contribution in [0.15, 0.2) is 12.1 Å². The van der Waals surface area contributed by atoms with Crippen LogP contribution in [0.3, 0.4) is 0 Å². The van der Waals surface area contributed by atoms with Gasteiger partial charge in [-0.3, -0.25) is 0 Å². The molecule has 0 aliphatic rings. The Kier molecular flexibility index (Phi) is 6.66. The molecule has 0 aliphatic heterocycles. The highest BCUT2D eigenvalue weighted by atomic mass is 16.5. The molecule has 0 heterocycles. The van der Waals surface area contributed by atoms with E-state index in [1.807, 2.05) is 19.1 Å². The summed E-state index contributed by atoms with van der Waals surface area (Å²) in [7, 11) is 3.19. The van der Waals surface area contributed by atoms with Gasteiger partial charge in [0.25, 0.3) is 0 Å². The summed E-state index contributed by atoms with van der Waals surface area (Å²) in [4.78, 5) is 0. The Balaban J connectivity index is 3.19. The molecule has 0 bridgehead atoms. The fourth-order valence-electron chi connectivity index (χ4n) is 2.51. The van der Waals surface area contributed by atoms with Crippen molar-refractivity contribution in [3.05, 3.63) is 23.3 Å². The second-order valence-electron chi connectivity index (χ2n) is 6.18. The van der Waals surface area contributed by atoms with Crippen LogP contribution in [0.25, 0.3) is 0 Å². The molecule has 5 heteroatoms. The van der Waals surface area contributed by atoms with Crippen molar-refractivity contribution >= 4 is 0 Å². The first-order valence-electron chi connectivity index (χ1n) is 7.48. The zero-order valence-corrected chi connectivity index (χ0v) is 14.1. The molecule has 0 aromatic heterocycles. The minimum Gasteiger partial charge on any atom is -0.496 e. The second kappa shape index (κ2) is 7.81. The van der Waals surface area contributed by atoms with Crippen LogP contribution in [0.2, 0.25) is 0 Å². The highest BCUT2D eigenvalue weighted by Crippen LogP contribution is 2.38. The van der Waals surface area contributed by atoms with Crippen molar-refractivity contribution in [2.75, 3.05) is 20.8 Å². The lowest BCUT2D eigenvalue weighted by Crippen LogP contribution is -2.37. The monoisotopic (exact) mass is 312 g/mol. The molecule has 0 spiro atoms. The molecule has 22 heavy (non-hydrogen) atoms. The molecule has 0 saturated carbocycles. The van der Waals surface area contributed by atoms with E-state index in [-0.39, 0.29) is 12.5 Å². The summed E-state index contributed by atoms with van der Waals surface area (Å²) in [5.74, 6) is 1.28. The molecule has 0 aliphatic carbocycles. The lowest BCUT2D eigenvalue weighted by atomic mass is 9.85. The predicted octanol–water partition coefficient (Wildman–Crippen LogP) is 2.00. The van der Waals surface area contributed by atoms with Crippen molar-refractivity contribution in [3.8, 4) is 11.5 Å².